The molecule has 0 aliphatic carbocycles. The van der Waals surface area contributed by atoms with Crippen LogP contribution in [0.15, 0.2) is 42.7 Å². The van der Waals surface area contributed by atoms with Gasteiger partial charge in [0.25, 0.3) is 0 Å². The molecule has 0 bridgehead atoms. The van der Waals surface area contributed by atoms with Gasteiger partial charge in [-0.25, -0.2) is 4.98 Å². The van der Waals surface area contributed by atoms with Crippen molar-refractivity contribution in [3.63, 3.8) is 0 Å². The van der Waals surface area contributed by atoms with Crippen molar-refractivity contribution in [1.82, 2.24) is 19.9 Å². The van der Waals surface area contributed by atoms with Crippen LogP contribution in [0.2, 0.25) is 0 Å². The van der Waals surface area contributed by atoms with Crippen LogP contribution in [0.25, 0.3) is 11.0 Å². The van der Waals surface area contributed by atoms with Gasteiger partial charge >= 0.3 is 0 Å². The molecule has 4 heteroatoms. The Hall–Kier alpha value is -2.20. The van der Waals surface area contributed by atoms with Crippen LogP contribution >= 0.6 is 0 Å². The van der Waals surface area contributed by atoms with E-state index in [2.05, 4.69) is 51.2 Å². The second kappa shape index (κ2) is 6.06. The normalized spacial score (nSPS) is 11.1. The molecule has 3 aromatic heterocycles. The lowest BCUT2D eigenvalue weighted by Crippen LogP contribution is -2.11. The van der Waals surface area contributed by atoms with E-state index >= 15 is 0 Å². The minimum atomic E-state index is 0.751. The maximum atomic E-state index is 4.58. The summed E-state index contributed by atoms with van der Waals surface area (Å²) in [5.74, 6) is 0. The highest BCUT2D eigenvalue weighted by molar-refractivity contribution is 5.80. The minimum absolute atomic E-state index is 0.751. The third-order valence-corrected chi connectivity index (χ3v) is 3.56. The zero-order chi connectivity index (χ0) is 14.7. The molecule has 0 aromatic carbocycles. The molecule has 0 atom stereocenters. The molecule has 0 spiro atoms. The van der Waals surface area contributed by atoms with Crippen LogP contribution < -0.4 is 5.32 Å². The van der Waals surface area contributed by atoms with E-state index in [0.29, 0.717) is 0 Å². The van der Waals surface area contributed by atoms with Gasteiger partial charge in [-0.15, -0.1) is 0 Å². The standard InChI is InChI=1S/C17H20N4/c1-3-18-10-14-11-21(17-16(14)8-5-9-19-17)12-15-7-4-6-13(2)20-15/h4-9,11,18H,3,10,12H2,1-2H3. The third kappa shape index (κ3) is 2.95. The number of rotatable bonds is 5. The van der Waals surface area contributed by atoms with Crippen molar-refractivity contribution in [2.45, 2.75) is 26.9 Å². The van der Waals surface area contributed by atoms with E-state index in [1.165, 1.54) is 10.9 Å². The Bertz CT molecular complexity index is 745. The van der Waals surface area contributed by atoms with Crippen LogP contribution in [-0.4, -0.2) is 21.1 Å². The molecule has 3 aromatic rings. The lowest BCUT2D eigenvalue weighted by molar-refractivity contribution is 0.722. The molecular weight excluding hydrogens is 260 g/mol. The first-order valence-corrected chi connectivity index (χ1v) is 7.34. The van der Waals surface area contributed by atoms with Crippen LogP contribution in [0, 0.1) is 6.92 Å². The molecule has 1 N–H and O–H groups in total. The predicted molar refractivity (Wildman–Crippen MR) is 85.2 cm³/mol. The van der Waals surface area contributed by atoms with E-state index in [9.17, 15) is 0 Å². The maximum Gasteiger partial charge on any atom is 0.140 e. The Morgan fingerprint density at radius 3 is 2.90 bits per heavy atom. The molecule has 0 unspecified atom stereocenters. The van der Waals surface area contributed by atoms with Gasteiger partial charge < -0.3 is 9.88 Å². The average molecular weight is 280 g/mol. The Balaban J connectivity index is 1.98. The predicted octanol–water partition coefficient (Wildman–Crippen LogP) is 2.90. The van der Waals surface area contributed by atoms with E-state index < -0.39 is 0 Å². The van der Waals surface area contributed by atoms with E-state index in [4.69, 9.17) is 0 Å². The van der Waals surface area contributed by atoms with Gasteiger partial charge in [0.1, 0.15) is 5.65 Å². The first-order valence-electron chi connectivity index (χ1n) is 7.34. The molecule has 21 heavy (non-hydrogen) atoms. The molecule has 3 heterocycles. The molecule has 0 saturated carbocycles. The molecule has 0 amide bonds. The summed E-state index contributed by atoms with van der Waals surface area (Å²) in [6, 6.07) is 10.3. The smallest absolute Gasteiger partial charge is 0.140 e. The Kier molecular flexibility index (Phi) is 3.97. The van der Waals surface area contributed by atoms with Crippen LogP contribution in [0.4, 0.5) is 0 Å². The van der Waals surface area contributed by atoms with Gasteiger partial charge in [-0.3, -0.25) is 4.98 Å². The van der Waals surface area contributed by atoms with Crippen molar-refractivity contribution < 1.29 is 0 Å². The highest BCUT2D eigenvalue weighted by Gasteiger charge is 2.09. The second-order valence-corrected chi connectivity index (χ2v) is 5.21. The SMILES string of the molecule is CCNCc1cn(Cc2cccc(C)n2)c2ncccc12. The third-order valence-electron chi connectivity index (χ3n) is 3.56. The fourth-order valence-electron chi connectivity index (χ4n) is 2.58. The van der Waals surface area contributed by atoms with Gasteiger partial charge in [0.05, 0.1) is 12.2 Å². The summed E-state index contributed by atoms with van der Waals surface area (Å²) < 4.78 is 2.18. The van der Waals surface area contributed by atoms with Gasteiger partial charge in [-0.1, -0.05) is 13.0 Å². The molecule has 0 aliphatic rings. The summed E-state index contributed by atoms with van der Waals surface area (Å²) in [5.41, 5.74) is 4.42. The largest absolute Gasteiger partial charge is 0.326 e. The summed E-state index contributed by atoms with van der Waals surface area (Å²) in [5, 5.41) is 4.60. The monoisotopic (exact) mass is 280 g/mol. The Labute approximate surface area is 124 Å². The number of nitrogens with one attached hydrogen (secondary N) is 1. The minimum Gasteiger partial charge on any atom is -0.326 e. The van der Waals surface area contributed by atoms with E-state index in [1.54, 1.807) is 0 Å². The Morgan fingerprint density at radius 1 is 1.19 bits per heavy atom. The summed E-state index contributed by atoms with van der Waals surface area (Å²) in [4.78, 5) is 9.12. The number of aromatic nitrogens is 3. The van der Waals surface area contributed by atoms with Crippen LogP contribution in [0.3, 0.4) is 0 Å². The molecule has 0 aliphatic heterocycles. The van der Waals surface area contributed by atoms with Crippen molar-refractivity contribution in [2.75, 3.05) is 6.54 Å². The zero-order valence-corrected chi connectivity index (χ0v) is 12.5. The van der Waals surface area contributed by atoms with Gasteiger partial charge in [0.2, 0.25) is 0 Å². The quantitative estimate of drug-likeness (QED) is 0.781. The molecule has 4 nitrogen and oxygen atoms in total. The summed E-state index contributed by atoms with van der Waals surface area (Å²) in [6.07, 6.45) is 4.03. The molecule has 108 valence electrons. The van der Waals surface area contributed by atoms with Crippen molar-refractivity contribution in [3.05, 3.63) is 59.7 Å². The fourth-order valence-corrected chi connectivity index (χ4v) is 2.58. The van der Waals surface area contributed by atoms with Gasteiger partial charge in [0.15, 0.2) is 0 Å². The number of nitrogens with zero attached hydrogens (tertiary/aromatic N) is 3. The Morgan fingerprint density at radius 2 is 2.10 bits per heavy atom. The fraction of sp³-hybridized carbons (Fsp3) is 0.294. The summed E-state index contributed by atoms with van der Waals surface area (Å²) >= 11 is 0. The number of fused-ring (bicyclic) bond motifs is 1. The average Bonchev–Trinajstić information content (AvgIpc) is 2.84. The van der Waals surface area contributed by atoms with E-state index in [-0.39, 0.29) is 0 Å². The number of pyridine rings is 2. The number of hydrogen-bond acceptors (Lipinski definition) is 3. The maximum absolute atomic E-state index is 4.58. The first kappa shape index (κ1) is 13.8. The van der Waals surface area contributed by atoms with Crippen molar-refractivity contribution in [3.8, 4) is 0 Å². The number of hydrogen-bond donors (Lipinski definition) is 1. The molecule has 3 rings (SSSR count). The molecule has 0 saturated heterocycles. The van der Waals surface area contributed by atoms with Crippen LogP contribution in [0.5, 0.6) is 0 Å². The zero-order valence-electron chi connectivity index (χ0n) is 12.5. The van der Waals surface area contributed by atoms with Crippen molar-refractivity contribution in [1.29, 1.82) is 0 Å². The molecular formula is C17H20N4. The van der Waals surface area contributed by atoms with Crippen molar-refractivity contribution in [2.24, 2.45) is 0 Å². The number of aryl methyl sites for hydroxylation is 1. The molecule has 0 fully saturated rings. The lowest BCUT2D eigenvalue weighted by atomic mass is 10.2. The van der Waals surface area contributed by atoms with Crippen LogP contribution in [0.1, 0.15) is 23.9 Å². The highest BCUT2D eigenvalue weighted by atomic mass is 15.0. The first-order chi connectivity index (χ1) is 10.3. The van der Waals surface area contributed by atoms with Crippen molar-refractivity contribution >= 4 is 11.0 Å². The van der Waals surface area contributed by atoms with E-state index in [0.717, 1.165) is 36.7 Å². The summed E-state index contributed by atoms with van der Waals surface area (Å²) in [6.45, 7) is 6.72. The molecule has 0 radical (unpaired) electrons. The highest BCUT2D eigenvalue weighted by Crippen LogP contribution is 2.20. The topological polar surface area (TPSA) is 42.7 Å². The summed E-state index contributed by atoms with van der Waals surface area (Å²) in [7, 11) is 0. The van der Waals surface area contributed by atoms with Gasteiger partial charge in [-0.2, -0.15) is 0 Å². The van der Waals surface area contributed by atoms with Gasteiger partial charge in [0, 0.05) is 30.0 Å². The van der Waals surface area contributed by atoms with Crippen LogP contribution in [-0.2, 0) is 13.1 Å². The lowest BCUT2D eigenvalue weighted by Gasteiger charge is -2.04. The van der Waals surface area contributed by atoms with Gasteiger partial charge in [-0.05, 0) is 43.3 Å². The second-order valence-electron chi connectivity index (χ2n) is 5.21. The van der Waals surface area contributed by atoms with E-state index in [1.807, 2.05) is 25.3 Å².